The summed E-state index contributed by atoms with van der Waals surface area (Å²) in [5, 5.41) is 8.34. The zero-order valence-corrected chi connectivity index (χ0v) is 8.61. The van der Waals surface area contributed by atoms with Gasteiger partial charge in [0.15, 0.2) is 0 Å². The standard InChI is InChI=1S/C9H14N2O3/c1-7(2)11(6-9(13)14-3)8(12)4-5-10/h7H,4,6H2,1-3H3. The highest BCUT2D eigenvalue weighted by Crippen LogP contribution is 2.01. The maximum absolute atomic E-state index is 11.3. The molecule has 5 heteroatoms. The second kappa shape index (κ2) is 5.97. The molecule has 5 nitrogen and oxygen atoms in total. The molecular formula is C9H14N2O3. The van der Waals surface area contributed by atoms with Crippen molar-refractivity contribution in [3.63, 3.8) is 0 Å². The van der Waals surface area contributed by atoms with Crippen LogP contribution in [0.15, 0.2) is 0 Å². The molecule has 0 atom stereocenters. The molecule has 0 aliphatic carbocycles. The van der Waals surface area contributed by atoms with E-state index in [2.05, 4.69) is 4.74 Å². The van der Waals surface area contributed by atoms with Crippen molar-refractivity contribution in [2.75, 3.05) is 13.7 Å². The van der Waals surface area contributed by atoms with Crippen LogP contribution in [0, 0.1) is 11.3 Å². The minimum atomic E-state index is -0.481. The van der Waals surface area contributed by atoms with Crippen molar-refractivity contribution in [2.45, 2.75) is 26.3 Å². The number of hydrogen-bond acceptors (Lipinski definition) is 4. The Bertz CT molecular complexity index is 255. The first-order valence-corrected chi connectivity index (χ1v) is 4.26. The molecule has 0 heterocycles. The van der Waals surface area contributed by atoms with E-state index in [0.29, 0.717) is 0 Å². The van der Waals surface area contributed by atoms with E-state index < -0.39 is 5.97 Å². The van der Waals surface area contributed by atoms with E-state index in [0.717, 1.165) is 0 Å². The van der Waals surface area contributed by atoms with Gasteiger partial charge in [0, 0.05) is 6.04 Å². The Balaban J connectivity index is 4.38. The molecule has 0 unspecified atom stereocenters. The van der Waals surface area contributed by atoms with E-state index in [-0.39, 0.29) is 24.9 Å². The van der Waals surface area contributed by atoms with Crippen molar-refractivity contribution in [2.24, 2.45) is 0 Å². The largest absolute Gasteiger partial charge is 0.468 e. The van der Waals surface area contributed by atoms with E-state index >= 15 is 0 Å². The number of carbonyl (C=O) groups is 2. The molecule has 0 saturated carbocycles. The number of ether oxygens (including phenoxy) is 1. The van der Waals surface area contributed by atoms with Gasteiger partial charge in [-0.2, -0.15) is 5.26 Å². The molecule has 0 bridgehead atoms. The molecule has 0 saturated heterocycles. The molecule has 0 aromatic carbocycles. The number of esters is 1. The summed E-state index contributed by atoms with van der Waals surface area (Å²) in [7, 11) is 1.26. The summed E-state index contributed by atoms with van der Waals surface area (Å²) in [5.74, 6) is -0.835. The molecule has 0 aliphatic heterocycles. The fourth-order valence-corrected chi connectivity index (χ4v) is 0.932. The Morgan fingerprint density at radius 2 is 2.07 bits per heavy atom. The SMILES string of the molecule is COC(=O)CN(C(=O)CC#N)C(C)C. The molecule has 0 aliphatic rings. The Kier molecular flexibility index (Phi) is 5.30. The van der Waals surface area contributed by atoms with Crippen molar-refractivity contribution < 1.29 is 14.3 Å². The predicted molar refractivity (Wildman–Crippen MR) is 49.1 cm³/mol. The van der Waals surface area contributed by atoms with Crippen LogP contribution < -0.4 is 0 Å². The van der Waals surface area contributed by atoms with Gasteiger partial charge in [0.25, 0.3) is 0 Å². The maximum Gasteiger partial charge on any atom is 0.325 e. The quantitative estimate of drug-likeness (QED) is 0.609. The minimum Gasteiger partial charge on any atom is -0.468 e. The average molecular weight is 198 g/mol. The van der Waals surface area contributed by atoms with E-state index in [1.807, 2.05) is 0 Å². The van der Waals surface area contributed by atoms with Gasteiger partial charge in [-0.3, -0.25) is 9.59 Å². The van der Waals surface area contributed by atoms with Crippen molar-refractivity contribution >= 4 is 11.9 Å². The molecule has 78 valence electrons. The molecule has 14 heavy (non-hydrogen) atoms. The fraction of sp³-hybridized carbons (Fsp3) is 0.667. The summed E-state index contributed by atoms with van der Waals surface area (Å²) in [6, 6.07) is 1.63. The van der Waals surface area contributed by atoms with Crippen LogP contribution in [0.2, 0.25) is 0 Å². The Morgan fingerprint density at radius 3 is 2.43 bits per heavy atom. The monoisotopic (exact) mass is 198 g/mol. The molecule has 0 aromatic heterocycles. The van der Waals surface area contributed by atoms with Gasteiger partial charge < -0.3 is 9.64 Å². The summed E-state index contributed by atoms with van der Waals surface area (Å²) in [4.78, 5) is 23.6. The van der Waals surface area contributed by atoms with Crippen LogP contribution in [0.3, 0.4) is 0 Å². The highest BCUT2D eigenvalue weighted by atomic mass is 16.5. The fourth-order valence-electron chi connectivity index (χ4n) is 0.932. The molecule has 0 aromatic rings. The highest BCUT2D eigenvalue weighted by molar-refractivity contribution is 5.83. The maximum atomic E-state index is 11.3. The van der Waals surface area contributed by atoms with Crippen LogP contribution in [0.25, 0.3) is 0 Å². The van der Waals surface area contributed by atoms with Gasteiger partial charge in [-0.05, 0) is 13.8 Å². The second-order valence-electron chi connectivity index (χ2n) is 3.03. The molecule has 0 N–H and O–H groups in total. The first-order valence-electron chi connectivity index (χ1n) is 4.26. The van der Waals surface area contributed by atoms with E-state index in [1.54, 1.807) is 19.9 Å². The Morgan fingerprint density at radius 1 is 1.50 bits per heavy atom. The summed E-state index contributed by atoms with van der Waals surface area (Å²) >= 11 is 0. The molecule has 1 amide bonds. The first kappa shape index (κ1) is 12.4. The smallest absolute Gasteiger partial charge is 0.325 e. The summed E-state index contributed by atoms with van der Waals surface area (Å²) in [6.07, 6.45) is -0.213. The van der Waals surface area contributed by atoms with Gasteiger partial charge in [0.2, 0.25) is 5.91 Å². The number of carbonyl (C=O) groups excluding carboxylic acids is 2. The lowest BCUT2D eigenvalue weighted by molar-refractivity contribution is -0.147. The zero-order chi connectivity index (χ0) is 11.1. The van der Waals surface area contributed by atoms with Gasteiger partial charge in [0.1, 0.15) is 13.0 Å². The Labute approximate surface area is 83.2 Å². The number of amides is 1. The van der Waals surface area contributed by atoms with Crippen LogP contribution in [-0.2, 0) is 14.3 Å². The lowest BCUT2D eigenvalue weighted by Gasteiger charge is -2.24. The van der Waals surface area contributed by atoms with E-state index in [4.69, 9.17) is 5.26 Å². The summed E-state index contributed by atoms with van der Waals surface area (Å²) in [6.45, 7) is 3.45. The zero-order valence-electron chi connectivity index (χ0n) is 8.61. The van der Waals surface area contributed by atoms with Crippen molar-refractivity contribution in [1.82, 2.24) is 4.90 Å². The number of rotatable bonds is 4. The highest BCUT2D eigenvalue weighted by Gasteiger charge is 2.19. The van der Waals surface area contributed by atoms with Gasteiger partial charge >= 0.3 is 5.97 Å². The van der Waals surface area contributed by atoms with Gasteiger partial charge in [0.05, 0.1) is 13.2 Å². The normalized spacial score (nSPS) is 9.36. The van der Waals surface area contributed by atoms with E-state index in [1.165, 1.54) is 12.0 Å². The number of hydrogen-bond donors (Lipinski definition) is 0. The Hall–Kier alpha value is -1.57. The molecular weight excluding hydrogens is 184 g/mol. The second-order valence-corrected chi connectivity index (χ2v) is 3.03. The number of nitrogens with zero attached hydrogens (tertiary/aromatic N) is 2. The van der Waals surface area contributed by atoms with Crippen LogP contribution in [0.5, 0.6) is 0 Å². The summed E-state index contributed by atoms with van der Waals surface area (Å²) in [5.41, 5.74) is 0. The topological polar surface area (TPSA) is 70.4 Å². The van der Waals surface area contributed by atoms with Crippen molar-refractivity contribution in [3.8, 4) is 6.07 Å². The minimum absolute atomic E-state index is 0.103. The van der Waals surface area contributed by atoms with Crippen LogP contribution in [0.4, 0.5) is 0 Å². The van der Waals surface area contributed by atoms with Crippen LogP contribution >= 0.6 is 0 Å². The van der Waals surface area contributed by atoms with Crippen LogP contribution in [-0.4, -0.2) is 36.5 Å². The summed E-state index contributed by atoms with van der Waals surface area (Å²) < 4.78 is 4.44. The number of nitriles is 1. The number of methoxy groups -OCH3 is 1. The molecule has 0 fully saturated rings. The van der Waals surface area contributed by atoms with Gasteiger partial charge in [-0.25, -0.2) is 0 Å². The molecule has 0 radical (unpaired) electrons. The van der Waals surface area contributed by atoms with Gasteiger partial charge in [-0.15, -0.1) is 0 Å². The third-order valence-electron chi connectivity index (χ3n) is 1.70. The molecule has 0 spiro atoms. The lowest BCUT2D eigenvalue weighted by atomic mass is 10.3. The lowest BCUT2D eigenvalue weighted by Crippen LogP contribution is -2.40. The third-order valence-corrected chi connectivity index (χ3v) is 1.70. The van der Waals surface area contributed by atoms with Crippen molar-refractivity contribution in [3.05, 3.63) is 0 Å². The van der Waals surface area contributed by atoms with Crippen molar-refractivity contribution in [1.29, 1.82) is 5.26 Å². The van der Waals surface area contributed by atoms with Crippen LogP contribution in [0.1, 0.15) is 20.3 Å². The predicted octanol–water partition coefficient (Wildman–Crippen LogP) is 0.310. The van der Waals surface area contributed by atoms with Gasteiger partial charge in [-0.1, -0.05) is 0 Å². The molecule has 0 rings (SSSR count). The first-order chi connectivity index (χ1) is 6.52. The average Bonchev–Trinajstić information content (AvgIpc) is 2.13. The van der Waals surface area contributed by atoms with E-state index in [9.17, 15) is 9.59 Å². The third kappa shape index (κ3) is 3.90.